The van der Waals surface area contributed by atoms with Crippen LogP contribution in [-0.4, -0.2) is 37.7 Å². The highest BCUT2D eigenvalue weighted by Gasteiger charge is 2.28. The normalized spacial score (nSPS) is 15.7. The molecule has 0 aromatic heterocycles. The maximum Gasteiger partial charge on any atom is 0.343 e. The summed E-state index contributed by atoms with van der Waals surface area (Å²) in [7, 11) is -3.56. The lowest BCUT2D eigenvalue weighted by Gasteiger charge is -2.29. The van der Waals surface area contributed by atoms with Crippen LogP contribution in [-0.2, 0) is 14.8 Å². The smallest absolute Gasteiger partial charge is 0.343 e. The Bertz CT molecular complexity index is 994. The topological polar surface area (TPSA) is 92.8 Å². The molecule has 0 aliphatic carbocycles. The van der Waals surface area contributed by atoms with Gasteiger partial charge in [-0.25, -0.2) is 13.2 Å². The van der Waals surface area contributed by atoms with E-state index < -0.39 is 16.0 Å². The van der Waals surface area contributed by atoms with Gasteiger partial charge < -0.3 is 10.1 Å². The number of nitrogens with zero attached hydrogens (tertiary/aromatic N) is 1. The zero-order valence-electron chi connectivity index (χ0n) is 16.4. The molecule has 1 saturated heterocycles. The molecular weight excluding hydrogens is 392 g/mol. The minimum absolute atomic E-state index is 0.163. The van der Waals surface area contributed by atoms with Gasteiger partial charge in [0.15, 0.2) is 0 Å². The van der Waals surface area contributed by atoms with Crippen molar-refractivity contribution in [3.05, 3.63) is 54.1 Å². The molecule has 1 aliphatic heterocycles. The summed E-state index contributed by atoms with van der Waals surface area (Å²) >= 11 is 0. The SMILES string of the molecule is CC(=O)Nc1cccc(OC(=O)c2ccc(S(=O)(=O)N3CCC(C)CC3)cc2)c1. The molecule has 0 radical (unpaired) electrons. The fraction of sp³-hybridized carbons (Fsp3) is 0.333. The van der Waals surface area contributed by atoms with Gasteiger partial charge in [-0.2, -0.15) is 4.31 Å². The molecular formula is C21H24N2O5S. The molecule has 8 heteroatoms. The standard InChI is InChI=1S/C21H24N2O5S/c1-15-10-12-23(13-11-15)29(26,27)20-8-6-17(7-9-20)21(25)28-19-5-3-4-18(14-19)22-16(2)24/h3-9,14-15H,10-13H2,1-2H3,(H,22,24). The molecule has 1 fully saturated rings. The van der Waals surface area contributed by atoms with E-state index in [9.17, 15) is 18.0 Å². The third kappa shape index (κ3) is 5.21. The van der Waals surface area contributed by atoms with E-state index in [-0.39, 0.29) is 22.1 Å². The largest absolute Gasteiger partial charge is 0.423 e. The maximum atomic E-state index is 12.8. The number of nitrogens with one attached hydrogen (secondary N) is 1. The van der Waals surface area contributed by atoms with Crippen molar-refractivity contribution in [2.75, 3.05) is 18.4 Å². The Morgan fingerprint density at radius 2 is 1.72 bits per heavy atom. The van der Waals surface area contributed by atoms with E-state index in [1.54, 1.807) is 18.2 Å². The van der Waals surface area contributed by atoms with Crippen LogP contribution in [0.25, 0.3) is 0 Å². The number of amides is 1. The molecule has 0 atom stereocenters. The average molecular weight is 416 g/mol. The highest BCUT2D eigenvalue weighted by molar-refractivity contribution is 7.89. The van der Waals surface area contributed by atoms with Crippen LogP contribution in [0.5, 0.6) is 5.75 Å². The third-order valence-electron chi connectivity index (χ3n) is 4.84. The molecule has 1 N–H and O–H groups in total. The predicted octanol–water partition coefficient (Wildman–Crippen LogP) is 3.28. The van der Waals surface area contributed by atoms with Crippen molar-refractivity contribution in [2.45, 2.75) is 31.6 Å². The Kier molecular flexibility index (Phi) is 6.34. The second-order valence-electron chi connectivity index (χ2n) is 7.21. The number of hydrogen-bond acceptors (Lipinski definition) is 5. The number of hydrogen-bond donors (Lipinski definition) is 1. The molecule has 29 heavy (non-hydrogen) atoms. The highest BCUT2D eigenvalue weighted by atomic mass is 32.2. The van der Waals surface area contributed by atoms with Crippen molar-refractivity contribution in [3.8, 4) is 5.75 Å². The summed E-state index contributed by atoms with van der Waals surface area (Å²) in [5.41, 5.74) is 0.751. The minimum Gasteiger partial charge on any atom is -0.423 e. The lowest BCUT2D eigenvalue weighted by Crippen LogP contribution is -2.37. The van der Waals surface area contributed by atoms with Gasteiger partial charge in [0.1, 0.15) is 5.75 Å². The number of sulfonamides is 1. The van der Waals surface area contributed by atoms with Crippen LogP contribution in [0.1, 0.15) is 37.0 Å². The van der Waals surface area contributed by atoms with Crippen LogP contribution < -0.4 is 10.1 Å². The average Bonchev–Trinajstić information content (AvgIpc) is 2.68. The number of esters is 1. The van der Waals surface area contributed by atoms with Gasteiger partial charge in [-0.3, -0.25) is 4.79 Å². The Morgan fingerprint density at radius 3 is 2.34 bits per heavy atom. The summed E-state index contributed by atoms with van der Waals surface area (Å²) in [5, 5.41) is 2.61. The first-order valence-corrected chi connectivity index (χ1v) is 10.9. The highest BCUT2D eigenvalue weighted by Crippen LogP contribution is 2.24. The molecule has 0 saturated carbocycles. The molecule has 3 rings (SSSR count). The molecule has 1 heterocycles. The summed E-state index contributed by atoms with van der Waals surface area (Å²) in [4.78, 5) is 23.7. The van der Waals surface area contributed by atoms with Crippen LogP contribution in [0.3, 0.4) is 0 Å². The second kappa shape index (κ2) is 8.75. The molecule has 0 spiro atoms. The first-order chi connectivity index (χ1) is 13.8. The minimum atomic E-state index is -3.56. The number of benzene rings is 2. The Hall–Kier alpha value is -2.71. The number of carbonyl (C=O) groups is 2. The molecule has 0 unspecified atom stereocenters. The summed E-state index contributed by atoms with van der Waals surface area (Å²) in [6, 6.07) is 12.2. The number of ether oxygens (including phenoxy) is 1. The van der Waals surface area contributed by atoms with E-state index in [4.69, 9.17) is 4.74 Å². The molecule has 0 bridgehead atoms. The molecule has 1 amide bonds. The second-order valence-corrected chi connectivity index (χ2v) is 9.15. The van der Waals surface area contributed by atoms with Gasteiger partial charge in [-0.1, -0.05) is 13.0 Å². The summed E-state index contributed by atoms with van der Waals surface area (Å²) < 4.78 is 32.4. The predicted molar refractivity (Wildman–Crippen MR) is 109 cm³/mol. The van der Waals surface area contributed by atoms with Gasteiger partial charge in [-0.05, 0) is 55.2 Å². The zero-order chi connectivity index (χ0) is 21.0. The van der Waals surface area contributed by atoms with Crippen molar-refractivity contribution < 1.29 is 22.7 Å². The van der Waals surface area contributed by atoms with Crippen molar-refractivity contribution in [1.29, 1.82) is 0 Å². The molecule has 154 valence electrons. The van der Waals surface area contributed by atoms with E-state index in [2.05, 4.69) is 12.2 Å². The fourth-order valence-electron chi connectivity index (χ4n) is 3.14. The van der Waals surface area contributed by atoms with E-state index in [0.29, 0.717) is 24.7 Å². The number of piperidine rings is 1. The van der Waals surface area contributed by atoms with E-state index in [1.165, 1.54) is 41.6 Å². The van der Waals surface area contributed by atoms with Gasteiger partial charge in [0, 0.05) is 31.8 Å². The summed E-state index contributed by atoms with van der Waals surface area (Å²) in [6.07, 6.45) is 1.70. The van der Waals surface area contributed by atoms with Crippen molar-refractivity contribution in [1.82, 2.24) is 4.31 Å². The van der Waals surface area contributed by atoms with E-state index in [1.807, 2.05) is 0 Å². The Labute approximate surface area is 170 Å². The van der Waals surface area contributed by atoms with Crippen molar-refractivity contribution >= 4 is 27.6 Å². The quantitative estimate of drug-likeness (QED) is 0.596. The first kappa shape index (κ1) is 21.0. The first-order valence-electron chi connectivity index (χ1n) is 9.46. The van der Waals surface area contributed by atoms with Gasteiger partial charge in [0.05, 0.1) is 10.5 Å². The van der Waals surface area contributed by atoms with Gasteiger partial charge in [-0.15, -0.1) is 0 Å². The lowest BCUT2D eigenvalue weighted by molar-refractivity contribution is -0.114. The zero-order valence-corrected chi connectivity index (χ0v) is 17.2. The van der Waals surface area contributed by atoms with Gasteiger partial charge >= 0.3 is 5.97 Å². The summed E-state index contributed by atoms with van der Waals surface area (Å²) in [5.74, 6) is -0.0303. The lowest BCUT2D eigenvalue weighted by atomic mass is 10.0. The van der Waals surface area contributed by atoms with Crippen LogP contribution in [0.2, 0.25) is 0 Å². The third-order valence-corrected chi connectivity index (χ3v) is 6.75. The maximum absolute atomic E-state index is 12.8. The van der Waals surface area contributed by atoms with Crippen LogP contribution in [0.4, 0.5) is 5.69 Å². The van der Waals surface area contributed by atoms with Crippen molar-refractivity contribution in [3.63, 3.8) is 0 Å². The van der Waals surface area contributed by atoms with Gasteiger partial charge in [0.2, 0.25) is 15.9 Å². The monoisotopic (exact) mass is 416 g/mol. The van der Waals surface area contributed by atoms with Crippen LogP contribution in [0.15, 0.2) is 53.4 Å². The Balaban J connectivity index is 1.70. The number of carbonyl (C=O) groups excluding carboxylic acids is 2. The Morgan fingerprint density at radius 1 is 1.07 bits per heavy atom. The molecule has 1 aliphatic rings. The molecule has 2 aromatic carbocycles. The molecule has 7 nitrogen and oxygen atoms in total. The summed E-state index contributed by atoms with van der Waals surface area (Å²) in [6.45, 7) is 4.53. The number of rotatable bonds is 5. The number of anilines is 1. The van der Waals surface area contributed by atoms with Crippen molar-refractivity contribution in [2.24, 2.45) is 5.92 Å². The van der Waals surface area contributed by atoms with Gasteiger partial charge in [0.25, 0.3) is 0 Å². The van der Waals surface area contributed by atoms with Crippen LogP contribution in [0, 0.1) is 5.92 Å². The fourth-order valence-corrected chi connectivity index (χ4v) is 4.61. The molecule has 2 aromatic rings. The van der Waals surface area contributed by atoms with E-state index in [0.717, 1.165) is 12.8 Å². The van der Waals surface area contributed by atoms with Crippen LogP contribution >= 0.6 is 0 Å². The van der Waals surface area contributed by atoms with E-state index >= 15 is 0 Å².